The van der Waals surface area contributed by atoms with E-state index in [0.29, 0.717) is 16.7 Å². The first-order valence-electron chi connectivity index (χ1n) is 7.55. The monoisotopic (exact) mass is 346 g/mol. The molecule has 2 rings (SSSR count). The molecule has 0 aliphatic carbocycles. The zero-order valence-corrected chi connectivity index (χ0v) is 14.7. The number of aryl methyl sites for hydroxylation is 3. The Morgan fingerprint density at radius 3 is 2.12 bits per heavy atom. The molecule has 6 heteroatoms. The van der Waals surface area contributed by atoms with Crippen molar-refractivity contribution in [2.75, 3.05) is 0 Å². The van der Waals surface area contributed by atoms with Gasteiger partial charge in [0.1, 0.15) is 0 Å². The summed E-state index contributed by atoms with van der Waals surface area (Å²) in [5.41, 5.74) is 2.80. The fourth-order valence-corrected chi connectivity index (χ4v) is 4.59. The minimum absolute atomic E-state index is 0.187. The van der Waals surface area contributed by atoms with Crippen molar-refractivity contribution in [3.05, 3.63) is 64.7 Å². The summed E-state index contributed by atoms with van der Waals surface area (Å²) >= 11 is 0. The first-order valence-corrected chi connectivity index (χ1v) is 9.04. The molecule has 0 aromatic heterocycles. The van der Waals surface area contributed by atoms with E-state index in [-0.39, 0.29) is 4.90 Å². The van der Waals surface area contributed by atoms with Gasteiger partial charge in [-0.15, -0.1) is 0 Å². The molecule has 0 fully saturated rings. The molecule has 0 saturated heterocycles. The van der Waals surface area contributed by atoms with Crippen molar-refractivity contribution in [3.63, 3.8) is 0 Å². The molecule has 2 aromatic rings. The Bertz CT molecular complexity index is 822. The molecule has 0 saturated carbocycles. The number of carboxylic acid groups (broad SMARTS) is 1. The van der Waals surface area contributed by atoms with Gasteiger partial charge in [0, 0.05) is 12.4 Å². The Labute approximate surface area is 142 Å². The van der Waals surface area contributed by atoms with Gasteiger partial charge in [-0.05, 0) is 37.5 Å². The van der Waals surface area contributed by atoms with E-state index >= 15 is 0 Å². The molecule has 0 amide bonds. The van der Waals surface area contributed by atoms with Crippen LogP contribution in [0.5, 0.6) is 0 Å². The van der Waals surface area contributed by atoms with Crippen molar-refractivity contribution in [3.8, 4) is 0 Å². The summed E-state index contributed by atoms with van der Waals surface area (Å²) in [7, 11) is -3.87. The van der Waals surface area contributed by atoms with Crippen LogP contribution in [0.4, 0.5) is 0 Å². The fourth-order valence-electron chi connectivity index (χ4n) is 2.92. The van der Waals surface area contributed by atoms with Crippen LogP contribution in [0.15, 0.2) is 47.4 Å². The molecule has 1 N–H and O–H groups in total. The normalized spacial score (nSPS) is 12.8. The standard InChI is InChI=1S/C18H21NO4S/c1-12-9-13(2)18(14(3)10-12)24(22,23)19-16(11-17(20)21)15-7-5-4-6-8-15/h4-10,16,19H,11H2,1-3H3,(H,20,21)/p-1/t16-/m1/s1. The van der Waals surface area contributed by atoms with Crippen LogP contribution in [-0.4, -0.2) is 14.4 Å². The quantitative estimate of drug-likeness (QED) is 0.864. The Morgan fingerprint density at radius 2 is 1.62 bits per heavy atom. The van der Waals surface area contributed by atoms with E-state index in [9.17, 15) is 18.3 Å². The lowest BCUT2D eigenvalue weighted by Crippen LogP contribution is -2.34. The second-order valence-electron chi connectivity index (χ2n) is 5.89. The molecule has 0 heterocycles. The summed E-state index contributed by atoms with van der Waals surface area (Å²) in [4.78, 5) is 11.2. The van der Waals surface area contributed by atoms with Crippen molar-refractivity contribution in [1.29, 1.82) is 0 Å². The molecule has 5 nitrogen and oxygen atoms in total. The van der Waals surface area contributed by atoms with Crippen LogP contribution < -0.4 is 9.83 Å². The summed E-state index contributed by atoms with van der Waals surface area (Å²) in [5.74, 6) is -1.32. The molecular weight excluding hydrogens is 326 g/mol. The number of rotatable bonds is 6. The van der Waals surface area contributed by atoms with Crippen LogP contribution in [0, 0.1) is 20.8 Å². The van der Waals surface area contributed by atoms with Crippen LogP contribution in [0.3, 0.4) is 0 Å². The topological polar surface area (TPSA) is 86.3 Å². The van der Waals surface area contributed by atoms with Gasteiger partial charge in [0.05, 0.1) is 10.9 Å². The average Bonchev–Trinajstić information content (AvgIpc) is 2.45. The highest BCUT2D eigenvalue weighted by molar-refractivity contribution is 7.89. The minimum Gasteiger partial charge on any atom is -0.550 e. The van der Waals surface area contributed by atoms with E-state index in [2.05, 4.69) is 4.72 Å². The number of benzene rings is 2. The van der Waals surface area contributed by atoms with E-state index in [1.165, 1.54) is 0 Å². The molecule has 0 radical (unpaired) electrons. The fraction of sp³-hybridized carbons (Fsp3) is 0.278. The molecule has 128 valence electrons. The lowest BCUT2D eigenvalue weighted by molar-refractivity contribution is -0.306. The highest BCUT2D eigenvalue weighted by atomic mass is 32.2. The van der Waals surface area contributed by atoms with Gasteiger partial charge in [-0.3, -0.25) is 0 Å². The van der Waals surface area contributed by atoms with Gasteiger partial charge >= 0.3 is 0 Å². The van der Waals surface area contributed by atoms with Gasteiger partial charge in [-0.25, -0.2) is 13.1 Å². The SMILES string of the molecule is Cc1cc(C)c(S(=O)(=O)N[C@H](CC(=O)[O-])c2ccccc2)c(C)c1. The second-order valence-corrected chi connectivity index (χ2v) is 7.54. The maximum absolute atomic E-state index is 12.8. The maximum Gasteiger partial charge on any atom is 0.241 e. The van der Waals surface area contributed by atoms with E-state index in [4.69, 9.17) is 0 Å². The molecular formula is C18H20NO4S-. The van der Waals surface area contributed by atoms with E-state index in [1.54, 1.807) is 56.3 Å². The Balaban J connectivity index is 2.43. The van der Waals surface area contributed by atoms with Crippen LogP contribution in [0.1, 0.15) is 34.7 Å². The van der Waals surface area contributed by atoms with E-state index in [0.717, 1.165) is 5.56 Å². The Morgan fingerprint density at radius 1 is 1.08 bits per heavy atom. The number of aliphatic carboxylic acids is 1. The highest BCUT2D eigenvalue weighted by Crippen LogP contribution is 2.25. The summed E-state index contributed by atoms with van der Waals surface area (Å²) in [5, 5.41) is 11.0. The average molecular weight is 346 g/mol. The van der Waals surface area contributed by atoms with Crippen molar-refractivity contribution in [1.82, 2.24) is 4.72 Å². The third-order valence-corrected chi connectivity index (χ3v) is 5.52. The zero-order valence-electron chi connectivity index (χ0n) is 13.9. The third-order valence-electron chi connectivity index (χ3n) is 3.74. The van der Waals surface area contributed by atoms with Crippen LogP contribution in [0.25, 0.3) is 0 Å². The first-order chi connectivity index (χ1) is 11.2. The Hall–Kier alpha value is -2.18. The van der Waals surface area contributed by atoms with Gasteiger partial charge in [0.25, 0.3) is 0 Å². The number of carbonyl (C=O) groups excluding carboxylic acids is 1. The van der Waals surface area contributed by atoms with Crippen LogP contribution in [-0.2, 0) is 14.8 Å². The lowest BCUT2D eigenvalue weighted by atomic mass is 10.1. The largest absolute Gasteiger partial charge is 0.550 e. The molecule has 0 aliphatic rings. The molecule has 24 heavy (non-hydrogen) atoms. The molecule has 0 bridgehead atoms. The number of nitrogens with one attached hydrogen (secondary N) is 1. The van der Waals surface area contributed by atoms with Crippen LogP contribution in [0.2, 0.25) is 0 Å². The summed E-state index contributed by atoms with van der Waals surface area (Å²) in [6.07, 6.45) is -0.437. The number of sulfonamides is 1. The molecule has 2 aromatic carbocycles. The first kappa shape index (κ1) is 18.2. The summed E-state index contributed by atoms with van der Waals surface area (Å²) in [6.45, 7) is 5.35. The van der Waals surface area contributed by atoms with Crippen molar-refractivity contribution < 1.29 is 18.3 Å². The van der Waals surface area contributed by atoms with E-state index in [1.807, 2.05) is 6.92 Å². The van der Waals surface area contributed by atoms with Gasteiger partial charge < -0.3 is 9.90 Å². The number of carbonyl (C=O) groups is 1. The predicted octanol–water partition coefficient (Wildman–Crippen LogP) is 1.77. The Kier molecular flexibility index (Phi) is 5.41. The minimum atomic E-state index is -3.87. The molecule has 0 spiro atoms. The predicted molar refractivity (Wildman–Crippen MR) is 89.8 cm³/mol. The zero-order chi connectivity index (χ0) is 17.9. The smallest absolute Gasteiger partial charge is 0.241 e. The van der Waals surface area contributed by atoms with Crippen molar-refractivity contribution >= 4 is 16.0 Å². The summed E-state index contributed by atoms with van der Waals surface area (Å²) < 4.78 is 28.2. The number of hydrogen-bond acceptors (Lipinski definition) is 4. The van der Waals surface area contributed by atoms with Gasteiger partial charge in [-0.2, -0.15) is 0 Å². The lowest BCUT2D eigenvalue weighted by Gasteiger charge is -2.21. The van der Waals surface area contributed by atoms with Crippen LogP contribution >= 0.6 is 0 Å². The van der Waals surface area contributed by atoms with Gasteiger partial charge in [0.2, 0.25) is 10.0 Å². The highest BCUT2D eigenvalue weighted by Gasteiger charge is 2.24. The van der Waals surface area contributed by atoms with Gasteiger partial charge in [-0.1, -0.05) is 48.0 Å². The third kappa shape index (κ3) is 4.21. The molecule has 0 unspecified atom stereocenters. The second kappa shape index (κ2) is 7.15. The number of carboxylic acids is 1. The van der Waals surface area contributed by atoms with E-state index < -0.39 is 28.5 Å². The molecule has 0 aliphatic heterocycles. The number of hydrogen-bond donors (Lipinski definition) is 1. The van der Waals surface area contributed by atoms with Gasteiger partial charge in [0.15, 0.2) is 0 Å². The molecule has 1 atom stereocenters. The van der Waals surface area contributed by atoms with Crippen molar-refractivity contribution in [2.45, 2.75) is 38.1 Å². The van der Waals surface area contributed by atoms with Crippen molar-refractivity contribution in [2.24, 2.45) is 0 Å². The summed E-state index contributed by atoms with van der Waals surface area (Å²) in [6, 6.07) is 11.3. The maximum atomic E-state index is 12.8.